The molecule has 0 saturated carbocycles. The Balaban J connectivity index is 1.60. The van der Waals surface area contributed by atoms with Gasteiger partial charge in [-0.3, -0.25) is 4.79 Å². The lowest BCUT2D eigenvalue weighted by Crippen LogP contribution is -2.28. The van der Waals surface area contributed by atoms with Crippen molar-refractivity contribution in [3.8, 4) is 0 Å². The van der Waals surface area contributed by atoms with E-state index in [2.05, 4.69) is 28.0 Å². The fourth-order valence-electron chi connectivity index (χ4n) is 2.67. The summed E-state index contributed by atoms with van der Waals surface area (Å²) in [6.07, 6.45) is 3.01. The monoisotopic (exact) mass is 327 g/mol. The maximum Gasteiger partial charge on any atom is 0.259 e. The molecule has 3 rings (SSSR count). The number of aryl methyl sites for hydroxylation is 1. The second-order valence-electron chi connectivity index (χ2n) is 5.44. The van der Waals surface area contributed by atoms with Gasteiger partial charge in [-0.2, -0.15) is 5.10 Å². The maximum absolute atomic E-state index is 12.0. The van der Waals surface area contributed by atoms with Gasteiger partial charge in [0.05, 0.1) is 23.0 Å². The minimum atomic E-state index is -0.194. The number of benzene rings is 2. The van der Waals surface area contributed by atoms with Crippen LogP contribution in [-0.2, 0) is 11.2 Å². The van der Waals surface area contributed by atoms with E-state index in [-0.39, 0.29) is 12.5 Å². The van der Waals surface area contributed by atoms with Crippen LogP contribution in [0.4, 0.5) is 5.69 Å². The summed E-state index contributed by atoms with van der Waals surface area (Å²) in [5.74, 6) is -0.194. The summed E-state index contributed by atoms with van der Waals surface area (Å²) in [5.41, 5.74) is 6.73. The molecule has 23 heavy (non-hydrogen) atoms. The molecule has 0 bridgehead atoms. The van der Waals surface area contributed by atoms with E-state index in [4.69, 9.17) is 11.6 Å². The van der Waals surface area contributed by atoms with Crippen molar-refractivity contribution in [2.45, 2.75) is 19.3 Å². The van der Waals surface area contributed by atoms with Crippen molar-refractivity contribution in [1.82, 2.24) is 5.43 Å². The van der Waals surface area contributed by atoms with Gasteiger partial charge in [0, 0.05) is 5.56 Å². The average molecular weight is 328 g/mol. The van der Waals surface area contributed by atoms with Gasteiger partial charge in [-0.15, -0.1) is 0 Å². The summed E-state index contributed by atoms with van der Waals surface area (Å²) in [4.78, 5) is 12.0. The third-order valence-electron chi connectivity index (χ3n) is 3.82. The molecule has 2 aromatic carbocycles. The summed E-state index contributed by atoms with van der Waals surface area (Å²) in [7, 11) is 0. The van der Waals surface area contributed by atoms with Gasteiger partial charge >= 0.3 is 0 Å². The van der Waals surface area contributed by atoms with E-state index >= 15 is 0 Å². The predicted molar refractivity (Wildman–Crippen MR) is 94.0 cm³/mol. The van der Waals surface area contributed by atoms with Crippen LogP contribution in [0.25, 0.3) is 0 Å². The molecule has 5 heteroatoms. The first-order chi connectivity index (χ1) is 11.2. The summed E-state index contributed by atoms with van der Waals surface area (Å²) in [5, 5.41) is 7.90. The average Bonchev–Trinajstić information content (AvgIpc) is 2.59. The molecule has 118 valence electrons. The highest BCUT2D eigenvalue weighted by atomic mass is 35.5. The van der Waals surface area contributed by atoms with E-state index < -0.39 is 0 Å². The normalized spacial score (nSPS) is 15.1. The van der Waals surface area contributed by atoms with Gasteiger partial charge in [0.15, 0.2) is 0 Å². The zero-order chi connectivity index (χ0) is 16.1. The molecule has 0 heterocycles. The standard InChI is InChI=1S/C18H18ClN3O/c19-15-9-3-4-10-17(15)20-12-18(23)22-21-16-11-5-7-13-6-1-2-8-14(13)16/h1-4,6,8-10,20H,5,7,11-12H2,(H,22,23). The molecule has 0 saturated heterocycles. The van der Waals surface area contributed by atoms with Crippen LogP contribution in [0.5, 0.6) is 0 Å². The number of halogens is 1. The van der Waals surface area contributed by atoms with Crippen LogP contribution < -0.4 is 10.7 Å². The molecule has 1 aliphatic carbocycles. The lowest BCUT2D eigenvalue weighted by molar-refractivity contribution is -0.119. The van der Waals surface area contributed by atoms with E-state index in [1.165, 1.54) is 5.56 Å². The quantitative estimate of drug-likeness (QED) is 0.843. The molecular formula is C18H18ClN3O. The number of anilines is 1. The number of nitrogens with zero attached hydrogens (tertiary/aromatic N) is 1. The smallest absolute Gasteiger partial charge is 0.259 e. The Labute approximate surface area is 140 Å². The minimum absolute atomic E-state index is 0.127. The van der Waals surface area contributed by atoms with E-state index in [1.54, 1.807) is 6.07 Å². The number of carbonyl (C=O) groups excluding carboxylic acids is 1. The minimum Gasteiger partial charge on any atom is -0.375 e. The molecular weight excluding hydrogens is 310 g/mol. The molecule has 1 amide bonds. The molecule has 2 aromatic rings. The van der Waals surface area contributed by atoms with Crippen molar-refractivity contribution in [1.29, 1.82) is 0 Å². The summed E-state index contributed by atoms with van der Waals surface area (Å²) in [6.45, 7) is 0.127. The highest BCUT2D eigenvalue weighted by molar-refractivity contribution is 6.33. The first-order valence-electron chi connectivity index (χ1n) is 7.66. The zero-order valence-electron chi connectivity index (χ0n) is 12.7. The lowest BCUT2D eigenvalue weighted by atomic mass is 9.90. The first kappa shape index (κ1) is 15.6. The van der Waals surface area contributed by atoms with Gasteiger partial charge in [0.2, 0.25) is 0 Å². The molecule has 0 fully saturated rings. The molecule has 0 unspecified atom stereocenters. The summed E-state index contributed by atoms with van der Waals surface area (Å²) >= 11 is 6.04. The number of hydrogen-bond donors (Lipinski definition) is 2. The van der Waals surface area contributed by atoms with E-state index in [9.17, 15) is 4.79 Å². The second-order valence-corrected chi connectivity index (χ2v) is 5.84. The van der Waals surface area contributed by atoms with Crippen LogP contribution in [0, 0.1) is 0 Å². The summed E-state index contributed by atoms with van der Waals surface area (Å²) in [6, 6.07) is 15.5. The SMILES string of the molecule is O=C(CNc1ccccc1Cl)NN=C1CCCc2ccccc21. The van der Waals surface area contributed by atoms with Crippen LogP contribution in [0.2, 0.25) is 5.02 Å². The van der Waals surface area contributed by atoms with Crippen molar-refractivity contribution in [2.24, 2.45) is 5.10 Å². The lowest BCUT2D eigenvalue weighted by Gasteiger charge is -2.17. The molecule has 0 spiro atoms. The van der Waals surface area contributed by atoms with Gasteiger partial charge in [-0.05, 0) is 37.0 Å². The summed E-state index contributed by atoms with van der Waals surface area (Å²) < 4.78 is 0. The Kier molecular flexibility index (Phi) is 4.93. The van der Waals surface area contributed by atoms with Crippen molar-refractivity contribution < 1.29 is 4.79 Å². The topological polar surface area (TPSA) is 53.5 Å². The van der Waals surface area contributed by atoms with E-state index in [1.807, 2.05) is 30.3 Å². The van der Waals surface area contributed by atoms with E-state index in [0.29, 0.717) is 5.02 Å². The van der Waals surface area contributed by atoms with Crippen molar-refractivity contribution in [3.63, 3.8) is 0 Å². The Hall–Kier alpha value is -2.33. The number of nitrogens with one attached hydrogen (secondary N) is 2. The number of rotatable bonds is 4. The number of hydrazone groups is 1. The molecule has 0 aromatic heterocycles. The van der Waals surface area contributed by atoms with Crippen LogP contribution in [0.3, 0.4) is 0 Å². The van der Waals surface area contributed by atoms with Gasteiger partial charge < -0.3 is 5.32 Å². The van der Waals surface area contributed by atoms with Crippen LogP contribution in [-0.4, -0.2) is 18.2 Å². The third kappa shape index (κ3) is 3.90. The highest BCUT2D eigenvalue weighted by Crippen LogP contribution is 2.21. The Bertz CT molecular complexity index is 743. The molecule has 0 aliphatic heterocycles. The molecule has 0 radical (unpaired) electrons. The van der Waals surface area contributed by atoms with Crippen LogP contribution in [0.1, 0.15) is 24.0 Å². The third-order valence-corrected chi connectivity index (χ3v) is 4.15. The Morgan fingerprint density at radius 1 is 1.09 bits per heavy atom. The zero-order valence-corrected chi connectivity index (χ0v) is 13.4. The number of para-hydroxylation sites is 1. The molecule has 2 N–H and O–H groups in total. The van der Waals surface area contributed by atoms with Crippen molar-refractivity contribution in [2.75, 3.05) is 11.9 Å². The first-order valence-corrected chi connectivity index (χ1v) is 8.04. The Morgan fingerprint density at radius 2 is 1.87 bits per heavy atom. The molecule has 0 atom stereocenters. The van der Waals surface area contributed by atoms with Gasteiger partial charge in [-0.1, -0.05) is 48.0 Å². The van der Waals surface area contributed by atoms with E-state index in [0.717, 1.165) is 36.2 Å². The number of amides is 1. The number of fused-ring (bicyclic) bond motifs is 1. The fraction of sp³-hybridized carbons (Fsp3) is 0.222. The van der Waals surface area contributed by atoms with Crippen molar-refractivity contribution in [3.05, 3.63) is 64.7 Å². The predicted octanol–water partition coefficient (Wildman–Crippen LogP) is 3.61. The maximum atomic E-state index is 12.0. The van der Waals surface area contributed by atoms with Gasteiger partial charge in [0.1, 0.15) is 0 Å². The fourth-order valence-corrected chi connectivity index (χ4v) is 2.87. The Morgan fingerprint density at radius 3 is 2.74 bits per heavy atom. The number of carbonyl (C=O) groups is 1. The van der Waals surface area contributed by atoms with Crippen LogP contribution >= 0.6 is 11.6 Å². The second kappa shape index (κ2) is 7.29. The highest BCUT2D eigenvalue weighted by Gasteiger charge is 2.15. The van der Waals surface area contributed by atoms with Crippen LogP contribution in [0.15, 0.2) is 53.6 Å². The number of hydrogen-bond acceptors (Lipinski definition) is 3. The molecule has 4 nitrogen and oxygen atoms in total. The van der Waals surface area contributed by atoms with Gasteiger partial charge in [0.25, 0.3) is 5.91 Å². The van der Waals surface area contributed by atoms with Crippen molar-refractivity contribution >= 4 is 28.9 Å². The van der Waals surface area contributed by atoms with Gasteiger partial charge in [-0.25, -0.2) is 5.43 Å². The molecule has 1 aliphatic rings. The largest absolute Gasteiger partial charge is 0.375 e.